The summed E-state index contributed by atoms with van der Waals surface area (Å²) in [5.41, 5.74) is 0.114. The molecule has 64 valence electrons. The standard InChI is InChI=1S/C7H5FINO2/c8-7-4(3-6(11)12)1-2-5(9)10-7/h1-2H,3H2,(H,11,12). The Kier molecular flexibility index (Phi) is 2.96. The maximum atomic E-state index is 12.8. The second kappa shape index (κ2) is 3.79. The number of aliphatic carboxylic acids is 1. The summed E-state index contributed by atoms with van der Waals surface area (Å²) >= 11 is 1.86. The summed E-state index contributed by atoms with van der Waals surface area (Å²) in [7, 11) is 0. The van der Waals surface area contributed by atoms with Crippen molar-refractivity contribution in [3.05, 3.63) is 27.3 Å². The quantitative estimate of drug-likeness (QED) is 0.659. The van der Waals surface area contributed by atoms with E-state index in [4.69, 9.17) is 5.11 Å². The Morgan fingerprint density at radius 1 is 1.67 bits per heavy atom. The number of hydrogen-bond donors (Lipinski definition) is 1. The van der Waals surface area contributed by atoms with Gasteiger partial charge in [0.2, 0.25) is 5.95 Å². The molecule has 0 amide bonds. The lowest BCUT2D eigenvalue weighted by atomic mass is 10.2. The molecule has 0 atom stereocenters. The van der Waals surface area contributed by atoms with Crippen molar-refractivity contribution in [2.45, 2.75) is 6.42 Å². The van der Waals surface area contributed by atoms with Gasteiger partial charge in [-0.1, -0.05) is 6.07 Å². The fraction of sp³-hybridized carbons (Fsp3) is 0.143. The molecule has 1 rings (SSSR count). The van der Waals surface area contributed by atoms with Gasteiger partial charge in [0.1, 0.15) is 3.70 Å². The molecular formula is C7H5FINO2. The van der Waals surface area contributed by atoms with Crippen molar-refractivity contribution in [1.29, 1.82) is 0 Å². The summed E-state index contributed by atoms with van der Waals surface area (Å²) in [5.74, 6) is -1.76. The van der Waals surface area contributed by atoms with Crippen LogP contribution in [0.25, 0.3) is 0 Å². The first-order valence-electron chi connectivity index (χ1n) is 3.12. The molecule has 0 fully saturated rings. The number of rotatable bonds is 2. The first-order valence-corrected chi connectivity index (χ1v) is 4.20. The number of aromatic nitrogens is 1. The van der Waals surface area contributed by atoms with E-state index in [0.717, 1.165) is 0 Å². The van der Waals surface area contributed by atoms with Crippen LogP contribution in [0.5, 0.6) is 0 Å². The number of carboxylic acids is 1. The van der Waals surface area contributed by atoms with Crippen LogP contribution in [-0.2, 0) is 11.2 Å². The van der Waals surface area contributed by atoms with Gasteiger partial charge < -0.3 is 5.11 Å². The molecule has 5 heteroatoms. The van der Waals surface area contributed by atoms with E-state index >= 15 is 0 Å². The number of hydrogen-bond acceptors (Lipinski definition) is 2. The summed E-state index contributed by atoms with van der Waals surface area (Å²) in [5, 5.41) is 8.36. The predicted octanol–water partition coefficient (Wildman–Crippen LogP) is 1.45. The predicted molar refractivity (Wildman–Crippen MR) is 48.3 cm³/mol. The summed E-state index contributed by atoms with van der Waals surface area (Å²) in [6.45, 7) is 0. The zero-order valence-electron chi connectivity index (χ0n) is 5.92. The number of carboxylic acid groups (broad SMARTS) is 1. The highest BCUT2D eigenvalue weighted by Gasteiger charge is 2.07. The van der Waals surface area contributed by atoms with Gasteiger partial charge in [0.25, 0.3) is 0 Å². The van der Waals surface area contributed by atoms with Crippen molar-refractivity contribution >= 4 is 28.6 Å². The van der Waals surface area contributed by atoms with Gasteiger partial charge in [0, 0.05) is 5.56 Å². The fourth-order valence-corrected chi connectivity index (χ4v) is 1.13. The van der Waals surface area contributed by atoms with Gasteiger partial charge in [-0.25, -0.2) is 4.98 Å². The van der Waals surface area contributed by atoms with Crippen LogP contribution in [0, 0.1) is 9.65 Å². The van der Waals surface area contributed by atoms with Crippen LogP contribution >= 0.6 is 22.6 Å². The Balaban J connectivity index is 2.93. The van der Waals surface area contributed by atoms with Gasteiger partial charge in [-0.05, 0) is 28.7 Å². The average Bonchev–Trinajstić information content (AvgIpc) is 1.94. The van der Waals surface area contributed by atoms with E-state index in [1.807, 2.05) is 22.6 Å². The molecule has 0 aliphatic rings. The summed E-state index contributed by atoms with van der Waals surface area (Å²) in [4.78, 5) is 13.7. The van der Waals surface area contributed by atoms with Crippen molar-refractivity contribution in [2.24, 2.45) is 0 Å². The Bertz CT molecular complexity index is 316. The van der Waals surface area contributed by atoms with E-state index in [9.17, 15) is 9.18 Å². The molecular weight excluding hydrogens is 276 g/mol. The van der Waals surface area contributed by atoms with Gasteiger partial charge >= 0.3 is 5.97 Å². The zero-order valence-corrected chi connectivity index (χ0v) is 8.08. The molecule has 1 N–H and O–H groups in total. The normalized spacial score (nSPS) is 9.83. The number of halogens is 2. The second-order valence-corrected chi connectivity index (χ2v) is 3.26. The van der Waals surface area contributed by atoms with Crippen LogP contribution < -0.4 is 0 Å². The van der Waals surface area contributed by atoms with Crippen molar-refractivity contribution in [1.82, 2.24) is 4.98 Å². The number of nitrogens with zero attached hydrogens (tertiary/aromatic N) is 1. The largest absolute Gasteiger partial charge is 0.481 e. The third-order valence-corrected chi connectivity index (χ3v) is 1.83. The SMILES string of the molecule is O=C(O)Cc1ccc(I)nc1F. The zero-order chi connectivity index (χ0) is 9.14. The molecule has 0 aliphatic heterocycles. The van der Waals surface area contributed by atoms with Crippen molar-refractivity contribution < 1.29 is 14.3 Å². The van der Waals surface area contributed by atoms with Gasteiger partial charge in [0.05, 0.1) is 6.42 Å². The van der Waals surface area contributed by atoms with Gasteiger partial charge in [0.15, 0.2) is 0 Å². The van der Waals surface area contributed by atoms with Gasteiger partial charge in [-0.2, -0.15) is 4.39 Å². The van der Waals surface area contributed by atoms with Crippen LogP contribution in [0.15, 0.2) is 12.1 Å². The Morgan fingerprint density at radius 2 is 2.33 bits per heavy atom. The summed E-state index contributed by atoms with van der Waals surface area (Å²) < 4.78 is 13.3. The third kappa shape index (κ3) is 2.40. The Labute approximate surface area is 81.8 Å². The maximum absolute atomic E-state index is 12.8. The third-order valence-electron chi connectivity index (χ3n) is 1.23. The van der Waals surface area contributed by atoms with E-state index < -0.39 is 11.9 Å². The first kappa shape index (κ1) is 9.37. The lowest BCUT2D eigenvalue weighted by Gasteiger charge is -1.97. The van der Waals surface area contributed by atoms with E-state index in [-0.39, 0.29) is 12.0 Å². The molecule has 1 heterocycles. The van der Waals surface area contributed by atoms with E-state index in [2.05, 4.69) is 4.98 Å². The van der Waals surface area contributed by atoms with Crippen molar-refractivity contribution in [3.8, 4) is 0 Å². The molecule has 0 aliphatic carbocycles. The minimum absolute atomic E-state index is 0.114. The molecule has 0 radical (unpaired) electrons. The summed E-state index contributed by atoms with van der Waals surface area (Å²) in [6, 6.07) is 3.00. The van der Waals surface area contributed by atoms with E-state index in [0.29, 0.717) is 3.70 Å². The van der Waals surface area contributed by atoms with Crippen LogP contribution in [0.3, 0.4) is 0 Å². The lowest BCUT2D eigenvalue weighted by molar-refractivity contribution is -0.136. The monoisotopic (exact) mass is 281 g/mol. The van der Waals surface area contributed by atoms with E-state index in [1.165, 1.54) is 6.07 Å². The topological polar surface area (TPSA) is 50.2 Å². The van der Waals surface area contributed by atoms with Crippen LogP contribution in [0.4, 0.5) is 4.39 Å². The maximum Gasteiger partial charge on any atom is 0.307 e. The van der Waals surface area contributed by atoms with Crippen molar-refractivity contribution in [3.63, 3.8) is 0 Å². The molecule has 3 nitrogen and oxygen atoms in total. The summed E-state index contributed by atoms with van der Waals surface area (Å²) in [6.07, 6.45) is -0.324. The Morgan fingerprint density at radius 3 is 2.83 bits per heavy atom. The van der Waals surface area contributed by atoms with Crippen molar-refractivity contribution in [2.75, 3.05) is 0 Å². The molecule has 0 saturated carbocycles. The Hall–Kier alpha value is -0.720. The molecule has 12 heavy (non-hydrogen) atoms. The van der Waals surface area contributed by atoms with Crippen LogP contribution in [0.1, 0.15) is 5.56 Å². The lowest BCUT2D eigenvalue weighted by Crippen LogP contribution is -2.04. The van der Waals surface area contributed by atoms with Crippen LogP contribution in [-0.4, -0.2) is 16.1 Å². The smallest absolute Gasteiger partial charge is 0.307 e. The highest BCUT2D eigenvalue weighted by atomic mass is 127. The molecule has 1 aromatic rings. The van der Waals surface area contributed by atoms with E-state index in [1.54, 1.807) is 6.07 Å². The fourth-order valence-electron chi connectivity index (χ4n) is 0.736. The number of pyridine rings is 1. The highest BCUT2D eigenvalue weighted by molar-refractivity contribution is 14.1. The first-order chi connectivity index (χ1) is 5.59. The molecule has 0 unspecified atom stereocenters. The minimum atomic E-state index is -1.06. The number of carbonyl (C=O) groups is 1. The highest BCUT2D eigenvalue weighted by Crippen LogP contribution is 2.08. The molecule has 0 aromatic carbocycles. The molecule has 1 aromatic heterocycles. The molecule has 0 spiro atoms. The average molecular weight is 281 g/mol. The minimum Gasteiger partial charge on any atom is -0.481 e. The second-order valence-electron chi connectivity index (χ2n) is 2.15. The van der Waals surface area contributed by atoms with Gasteiger partial charge in [-0.3, -0.25) is 4.79 Å². The van der Waals surface area contributed by atoms with Gasteiger partial charge in [-0.15, -0.1) is 0 Å². The molecule has 0 saturated heterocycles. The molecule has 0 bridgehead atoms. The van der Waals surface area contributed by atoms with Crippen LogP contribution in [0.2, 0.25) is 0 Å².